The van der Waals surface area contributed by atoms with E-state index in [-0.39, 0.29) is 0 Å². The SMILES string of the molecule is c1ccc(SCCn2ccnc2-c2ccccc2)cc1. The van der Waals surface area contributed by atoms with Gasteiger partial charge in [-0.05, 0) is 12.1 Å². The van der Waals surface area contributed by atoms with Crippen molar-refractivity contribution in [2.75, 3.05) is 5.75 Å². The summed E-state index contributed by atoms with van der Waals surface area (Å²) in [7, 11) is 0. The lowest BCUT2D eigenvalue weighted by atomic mass is 10.2. The van der Waals surface area contributed by atoms with Crippen LogP contribution in [-0.4, -0.2) is 15.3 Å². The first-order valence-electron chi connectivity index (χ1n) is 6.68. The number of hydrogen-bond donors (Lipinski definition) is 0. The highest BCUT2D eigenvalue weighted by Gasteiger charge is 2.04. The number of benzene rings is 2. The summed E-state index contributed by atoms with van der Waals surface area (Å²) in [6.07, 6.45) is 3.92. The summed E-state index contributed by atoms with van der Waals surface area (Å²) in [5.41, 5.74) is 1.17. The molecule has 0 aliphatic carbocycles. The molecule has 0 amide bonds. The number of nitrogens with zero attached hydrogens (tertiary/aromatic N) is 2. The maximum Gasteiger partial charge on any atom is 0.139 e. The third-order valence-corrected chi connectivity index (χ3v) is 4.08. The Bertz CT molecular complexity index is 647. The normalized spacial score (nSPS) is 10.6. The quantitative estimate of drug-likeness (QED) is 0.647. The number of aryl methyl sites for hydroxylation is 1. The van der Waals surface area contributed by atoms with Crippen molar-refractivity contribution < 1.29 is 0 Å². The molecule has 0 atom stereocenters. The minimum Gasteiger partial charge on any atom is -0.330 e. The molecule has 0 bridgehead atoms. The van der Waals surface area contributed by atoms with Gasteiger partial charge in [0.1, 0.15) is 5.82 Å². The summed E-state index contributed by atoms with van der Waals surface area (Å²) in [5, 5.41) is 0. The molecule has 2 aromatic carbocycles. The fourth-order valence-corrected chi connectivity index (χ4v) is 2.99. The van der Waals surface area contributed by atoms with Crippen LogP contribution in [0, 0.1) is 0 Å². The summed E-state index contributed by atoms with van der Waals surface area (Å²) < 4.78 is 2.21. The van der Waals surface area contributed by atoms with Gasteiger partial charge >= 0.3 is 0 Å². The van der Waals surface area contributed by atoms with Gasteiger partial charge in [0.05, 0.1) is 0 Å². The van der Waals surface area contributed by atoms with Crippen molar-refractivity contribution in [2.45, 2.75) is 11.4 Å². The topological polar surface area (TPSA) is 17.8 Å². The molecule has 0 spiro atoms. The van der Waals surface area contributed by atoms with Crippen LogP contribution in [0.1, 0.15) is 0 Å². The van der Waals surface area contributed by atoms with E-state index in [0.29, 0.717) is 0 Å². The zero-order chi connectivity index (χ0) is 13.6. The monoisotopic (exact) mass is 280 g/mol. The largest absolute Gasteiger partial charge is 0.330 e. The van der Waals surface area contributed by atoms with Crippen molar-refractivity contribution in [3.8, 4) is 11.4 Å². The van der Waals surface area contributed by atoms with Crippen LogP contribution in [0.25, 0.3) is 11.4 Å². The second-order valence-electron chi connectivity index (χ2n) is 4.47. The van der Waals surface area contributed by atoms with E-state index in [9.17, 15) is 0 Å². The predicted octanol–water partition coefficient (Wildman–Crippen LogP) is 4.34. The van der Waals surface area contributed by atoms with Gasteiger partial charge in [0.2, 0.25) is 0 Å². The summed E-state index contributed by atoms with van der Waals surface area (Å²) in [5.74, 6) is 2.08. The number of thioether (sulfide) groups is 1. The lowest BCUT2D eigenvalue weighted by Gasteiger charge is -2.07. The maximum atomic E-state index is 4.47. The van der Waals surface area contributed by atoms with Crippen LogP contribution in [-0.2, 0) is 6.54 Å². The van der Waals surface area contributed by atoms with Gasteiger partial charge in [0, 0.05) is 35.2 Å². The highest BCUT2D eigenvalue weighted by molar-refractivity contribution is 7.99. The van der Waals surface area contributed by atoms with Gasteiger partial charge in [0.15, 0.2) is 0 Å². The fourth-order valence-electron chi connectivity index (χ4n) is 2.12. The fraction of sp³-hybridized carbons (Fsp3) is 0.118. The van der Waals surface area contributed by atoms with E-state index in [1.807, 2.05) is 48.4 Å². The Labute approximate surface area is 123 Å². The number of imidazole rings is 1. The van der Waals surface area contributed by atoms with Crippen molar-refractivity contribution in [3.05, 3.63) is 73.1 Å². The van der Waals surface area contributed by atoms with Crippen molar-refractivity contribution in [1.29, 1.82) is 0 Å². The standard InChI is InChI=1S/C17H16N2S/c1-3-7-15(8-4-1)17-18-11-12-19(17)13-14-20-16-9-5-2-6-10-16/h1-12H,13-14H2. The Morgan fingerprint density at radius 2 is 1.60 bits per heavy atom. The van der Waals surface area contributed by atoms with E-state index in [0.717, 1.165) is 18.1 Å². The van der Waals surface area contributed by atoms with Gasteiger partial charge in [-0.1, -0.05) is 48.5 Å². The van der Waals surface area contributed by atoms with E-state index >= 15 is 0 Å². The summed E-state index contributed by atoms with van der Waals surface area (Å²) in [6.45, 7) is 0.962. The average molecular weight is 280 g/mol. The van der Waals surface area contributed by atoms with E-state index in [1.54, 1.807) is 0 Å². The molecule has 3 heteroatoms. The van der Waals surface area contributed by atoms with E-state index in [4.69, 9.17) is 0 Å². The Morgan fingerprint density at radius 1 is 0.900 bits per heavy atom. The van der Waals surface area contributed by atoms with Crippen LogP contribution in [0.4, 0.5) is 0 Å². The third kappa shape index (κ3) is 3.11. The molecule has 0 aliphatic heterocycles. The highest BCUT2D eigenvalue weighted by atomic mass is 32.2. The van der Waals surface area contributed by atoms with Crippen LogP contribution in [0.3, 0.4) is 0 Å². The first-order valence-corrected chi connectivity index (χ1v) is 7.66. The van der Waals surface area contributed by atoms with Gasteiger partial charge < -0.3 is 4.57 Å². The van der Waals surface area contributed by atoms with Crippen molar-refractivity contribution in [1.82, 2.24) is 9.55 Å². The lowest BCUT2D eigenvalue weighted by Crippen LogP contribution is -2.01. The Hall–Kier alpha value is -2.00. The molecule has 0 radical (unpaired) electrons. The molecule has 0 fully saturated rings. The second kappa shape index (κ2) is 6.44. The average Bonchev–Trinajstić information content (AvgIpc) is 2.98. The Morgan fingerprint density at radius 3 is 2.35 bits per heavy atom. The zero-order valence-electron chi connectivity index (χ0n) is 11.1. The van der Waals surface area contributed by atoms with E-state index in [2.05, 4.69) is 45.9 Å². The molecule has 0 N–H and O–H groups in total. The predicted molar refractivity (Wildman–Crippen MR) is 84.8 cm³/mol. The molecule has 2 nitrogen and oxygen atoms in total. The van der Waals surface area contributed by atoms with Crippen molar-refractivity contribution in [3.63, 3.8) is 0 Å². The van der Waals surface area contributed by atoms with Gasteiger partial charge in [0.25, 0.3) is 0 Å². The minimum atomic E-state index is 0.962. The lowest BCUT2D eigenvalue weighted by molar-refractivity contribution is 0.780. The van der Waals surface area contributed by atoms with Crippen LogP contribution in [0.5, 0.6) is 0 Å². The molecule has 3 rings (SSSR count). The zero-order valence-corrected chi connectivity index (χ0v) is 12.0. The molecular formula is C17H16N2S. The molecular weight excluding hydrogens is 264 g/mol. The van der Waals surface area contributed by atoms with E-state index in [1.165, 1.54) is 10.5 Å². The molecule has 0 aliphatic rings. The molecule has 0 unspecified atom stereocenters. The first-order chi connectivity index (χ1) is 9.93. The second-order valence-corrected chi connectivity index (χ2v) is 5.64. The van der Waals surface area contributed by atoms with Crippen LogP contribution in [0.15, 0.2) is 78.0 Å². The molecule has 1 heterocycles. The smallest absolute Gasteiger partial charge is 0.139 e. The Balaban J connectivity index is 1.66. The molecule has 0 saturated carbocycles. The van der Waals surface area contributed by atoms with Crippen LogP contribution >= 0.6 is 11.8 Å². The molecule has 0 saturated heterocycles. The number of hydrogen-bond acceptors (Lipinski definition) is 2. The van der Waals surface area contributed by atoms with Crippen LogP contribution in [0.2, 0.25) is 0 Å². The first kappa shape index (κ1) is 13.0. The number of rotatable bonds is 5. The number of aromatic nitrogens is 2. The van der Waals surface area contributed by atoms with Gasteiger partial charge in [-0.15, -0.1) is 11.8 Å². The molecule has 20 heavy (non-hydrogen) atoms. The molecule has 100 valence electrons. The molecule has 1 aromatic heterocycles. The summed E-state index contributed by atoms with van der Waals surface area (Å²) in [4.78, 5) is 5.78. The van der Waals surface area contributed by atoms with Gasteiger partial charge in [-0.25, -0.2) is 4.98 Å². The third-order valence-electron chi connectivity index (χ3n) is 3.09. The van der Waals surface area contributed by atoms with Crippen molar-refractivity contribution >= 4 is 11.8 Å². The molecule has 3 aromatic rings. The Kier molecular flexibility index (Phi) is 4.19. The van der Waals surface area contributed by atoms with Gasteiger partial charge in [-0.2, -0.15) is 0 Å². The minimum absolute atomic E-state index is 0.962. The highest BCUT2D eigenvalue weighted by Crippen LogP contribution is 2.20. The summed E-state index contributed by atoms with van der Waals surface area (Å²) in [6, 6.07) is 20.8. The van der Waals surface area contributed by atoms with Gasteiger partial charge in [-0.3, -0.25) is 0 Å². The van der Waals surface area contributed by atoms with E-state index < -0.39 is 0 Å². The maximum absolute atomic E-state index is 4.47. The summed E-state index contributed by atoms with van der Waals surface area (Å²) >= 11 is 1.87. The van der Waals surface area contributed by atoms with Crippen molar-refractivity contribution in [2.24, 2.45) is 0 Å². The van der Waals surface area contributed by atoms with Crippen LogP contribution < -0.4 is 0 Å².